The molecule has 0 unspecified atom stereocenters. The lowest BCUT2D eigenvalue weighted by atomic mass is 10.3. The summed E-state index contributed by atoms with van der Waals surface area (Å²) in [5.41, 5.74) is 6.05. The first-order valence-corrected chi connectivity index (χ1v) is 7.60. The predicted molar refractivity (Wildman–Crippen MR) is 76.6 cm³/mol. The first kappa shape index (κ1) is 15.7. The van der Waals surface area contributed by atoms with E-state index in [1.807, 2.05) is 0 Å². The number of anilines is 1. The zero-order valence-corrected chi connectivity index (χ0v) is 12.1. The van der Waals surface area contributed by atoms with Crippen LogP contribution in [0.4, 0.5) is 5.69 Å². The number of rotatable bonds is 8. The molecule has 0 atom stereocenters. The fraction of sp³-hybridized carbons (Fsp3) is 0.500. The van der Waals surface area contributed by atoms with E-state index in [0.29, 0.717) is 37.5 Å². The summed E-state index contributed by atoms with van der Waals surface area (Å²) in [6.45, 7) is 2.87. The third-order valence-electron chi connectivity index (χ3n) is 2.54. The Morgan fingerprint density at radius 2 is 1.95 bits per heavy atom. The van der Waals surface area contributed by atoms with Crippen LogP contribution >= 0.6 is 0 Å². The second kappa shape index (κ2) is 7.32. The molecular weight excluding hydrogens is 266 g/mol. The standard InChI is InChI=1S/C12H21N3O3S/c1-3-14-19(16,17)15(10-4-9-13)11-5-7-12(18-2)8-6-11/h5-8,14H,3-4,9-10,13H2,1-2H3. The summed E-state index contributed by atoms with van der Waals surface area (Å²) in [5, 5.41) is 0. The van der Waals surface area contributed by atoms with Gasteiger partial charge in [0.2, 0.25) is 0 Å². The number of nitrogens with two attached hydrogens (primary N) is 1. The second-order valence-electron chi connectivity index (χ2n) is 3.92. The smallest absolute Gasteiger partial charge is 0.301 e. The Kier molecular flexibility index (Phi) is 6.07. The molecule has 1 rings (SSSR count). The Labute approximate surface area is 114 Å². The molecule has 0 saturated carbocycles. The van der Waals surface area contributed by atoms with E-state index >= 15 is 0 Å². The van der Waals surface area contributed by atoms with Crippen molar-refractivity contribution in [1.82, 2.24) is 4.72 Å². The van der Waals surface area contributed by atoms with Gasteiger partial charge in [0.1, 0.15) is 5.75 Å². The minimum Gasteiger partial charge on any atom is -0.497 e. The van der Waals surface area contributed by atoms with Crippen LogP contribution in [0, 0.1) is 0 Å². The van der Waals surface area contributed by atoms with E-state index in [2.05, 4.69) is 4.72 Å². The summed E-state index contributed by atoms with van der Waals surface area (Å²) in [6, 6.07) is 6.88. The lowest BCUT2D eigenvalue weighted by molar-refractivity contribution is 0.415. The van der Waals surface area contributed by atoms with Crippen LogP contribution in [-0.2, 0) is 10.2 Å². The van der Waals surface area contributed by atoms with Gasteiger partial charge >= 0.3 is 10.2 Å². The van der Waals surface area contributed by atoms with Crippen LogP contribution in [0.15, 0.2) is 24.3 Å². The molecule has 3 N–H and O–H groups in total. The van der Waals surface area contributed by atoms with E-state index in [9.17, 15) is 8.42 Å². The molecule has 0 saturated heterocycles. The third-order valence-corrected chi connectivity index (χ3v) is 4.17. The van der Waals surface area contributed by atoms with E-state index < -0.39 is 10.2 Å². The highest BCUT2D eigenvalue weighted by Gasteiger charge is 2.20. The number of nitrogens with one attached hydrogen (secondary N) is 1. The molecule has 0 aromatic heterocycles. The van der Waals surface area contributed by atoms with Crippen LogP contribution in [0.25, 0.3) is 0 Å². The highest BCUT2D eigenvalue weighted by molar-refractivity contribution is 7.90. The van der Waals surface area contributed by atoms with Crippen molar-refractivity contribution in [2.75, 3.05) is 31.0 Å². The van der Waals surface area contributed by atoms with Crippen molar-refractivity contribution in [3.05, 3.63) is 24.3 Å². The zero-order chi connectivity index (χ0) is 14.3. The molecule has 0 heterocycles. The molecule has 1 aromatic carbocycles. The number of hydrogen-bond acceptors (Lipinski definition) is 4. The van der Waals surface area contributed by atoms with Crippen LogP contribution in [0.3, 0.4) is 0 Å². The van der Waals surface area contributed by atoms with Gasteiger partial charge in [-0.2, -0.15) is 13.1 Å². The Balaban J connectivity index is 3.01. The minimum absolute atomic E-state index is 0.345. The Morgan fingerprint density at radius 3 is 2.42 bits per heavy atom. The predicted octanol–water partition coefficient (Wildman–Crippen LogP) is 0.705. The van der Waals surface area contributed by atoms with E-state index in [1.165, 1.54) is 4.31 Å². The summed E-state index contributed by atoms with van der Waals surface area (Å²) < 4.78 is 33.1. The topological polar surface area (TPSA) is 84.7 Å². The Bertz CT molecular complexity index is 473. The van der Waals surface area contributed by atoms with Crippen LogP contribution in [0.5, 0.6) is 5.75 Å². The van der Waals surface area contributed by atoms with Gasteiger partial charge in [0.25, 0.3) is 0 Å². The largest absolute Gasteiger partial charge is 0.497 e. The van der Waals surface area contributed by atoms with Crippen molar-refractivity contribution in [3.8, 4) is 5.75 Å². The van der Waals surface area contributed by atoms with Crippen molar-refractivity contribution < 1.29 is 13.2 Å². The molecule has 0 aliphatic carbocycles. The summed E-state index contributed by atoms with van der Waals surface area (Å²) in [5.74, 6) is 0.684. The van der Waals surface area contributed by atoms with Gasteiger partial charge in [-0.15, -0.1) is 0 Å². The highest BCUT2D eigenvalue weighted by atomic mass is 32.2. The Hall–Kier alpha value is -1.31. The molecule has 6 nitrogen and oxygen atoms in total. The van der Waals surface area contributed by atoms with Crippen LogP contribution in [0.2, 0.25) is 0 Å². The van der Waals surface area contributed by atoms with E-state index in [1.54, 1.807) is 38.3 Å². The second-order valence-corrected chi connectivity index (χ2v) is 5.59. The number of hydrogen-bond donors (Lipinski definition) is 2. The summed E-state index contributed by atoms with van der Waals surface area (Å²) in [6.07, 6.45) is 0.594. The maximum atomic E-state index is 12.1. The summed E-state index contributed by atoms with van der Waals surface area (Å²) in [7, 11) is -1.96. The van der Waals surface area contributed by atoms with Gasteiger partial charge in [-0.3, -0.25) is 4.31 Å². The molecule has 0 amide bonds. The van der Waals surface area contributed by atoms with E-state index in [-0.39, 0.29) is 0 Å². The first-order chi connectivity index (χ1) is 9.05. The van der Waals surface area contributed by atoms with Gasteiger partial charge in [0.15, 0.2) is 0 Å². The van der Waals surface area contributed by atoms with Crippen LogP contribution in [0.1, 0.15) is 13.3 Å². The number of ether oxygens (including phenoxy) is 1. The summed E-state index contributed by atoms with van der Waals surface area (Å²) in [4.78, 5) is 0. The lowest BCUT2D eigenvalue weighted by Crippen LogP contribution is -2.41. The normalized spacial score (nSPS) is 11.3. The fourth-order valence-corrected chi connectivity index (χ4v) is 2.92. The van der Waals surface area contributed by atoms with Gasteiger partial charge < -0.3 is 10.5 Å². The van der Waals surface area contributed by atoms with Crippen LogP contribution < -0.4 is 19.5 Å². The SMILES string of the molecule is CCNS(=O)(=O)N(CCCN)c1ccc(OC)cc1. The van der Waals surface area contributed by atoms with Crippen molar-refractivity contribution >= 4 is 15.9 Å². The number of benzene rings is 1. The fourth-order valence-electron chi connectivity index (χ4n) is 1.63. The molecule has 0 aliphatic rings. The maximum absolute atomic E-state index is 12.1. The molecule has 7 heteroatoms. The van der Waals surface area contributed by atoms with Gasteiger partial charge in [-0.1, -0.05) is 6.92 Å². The lowest BCUT2D eigenvalue weighted by Gasteiger charge is -2.24. The molecule has 1 aromatic rings. The number of nitrogens with zero attached hydrogens (tertiary/aromatic N) is 1. The van der Waals surface area contributed by atoms with Crippen molar-refractivity contribution in [3.63, 3.8) is 0 Å². The molecule has 108 valence electrons. The average Bonchev–Trinajstić information content (AvgIpc) is 2.39. The minimum atomic E-state index is -3.53. The monoisotopic (exact) mass is 287 g/mol. The average molecular weight is 287 g/mol. The molecule has 0 radical (unpaired) electrons. The maximum Gasteiger partial charge on any atom is 0.301 e. The van der Waals surface area contributed by atoms with Crippen LogP contribution in [-0.4, -0.2) is 35.2 Å². The highest BCUT2D eigenvalue weighted by Crippen LogP contribution is 2.21. The molecule has 0 aliphatic heterocycles. The molecule has 0 fully saturated rings. The van der Waals surface area contributed by atoms with Crippen molar-refractivity contribution in [2.24, 2.45) is 5.73 Å². The molecule has 0 bridgehead atoms. The van der Waals surface area contributed by atoms with Gasteiger partial charge in [0.05, 0.1) is 12.8 Å². The van der Waals surface area contributed by atoms with E-state index in [4.69, 9.17) is 10.5 Å². The van der Waals surface area contributed by atoms with E-state index in [0.717, 1.165) is 0 Å². The number of methoxy groups -OCH3 is 1. The van der Waals surface area contributed by atoms with Gasteiger partial charge in [-0.05, 0) is 37.2 Å². The quantitative estimate of drug-likeness (QED) is 0.737. The third kappa shape index (κ3) is 4.38. The molecule has 0 spiro atoms. The van der Waals surface area contributed by atoms with Gasteiger partial charge in [-0.25, -0.2) is 0 Å². The summed E-state index contributed by atoms with van der Waals surface area (Å²) >= 11 is 0. The molecular formula is C12H21N3O3S. The van der Waals surface area contributed by atoms with Gasteiger partial charge in [0, 0.05) is 13.1 Å². The molecule has 19 heavy (non-hydrogen) atoms. The zero-order valence-electron chi connectivity index (χ0n) is 11.3. The first-order valence-electron chi connectivity index (χ1n) is 6.16. The Morgan fingerprint density at radius 1 is 1.32 bits per heavy atom. The van der Waals surface area contributed by atoms with Crippen molar-refractivity contribution in [2.45, 2.75) is 13.3 Å². The van der Waals surface area contributed by atoms with Crippen molar-refractivity contribution in [1.29, 1.82) is 0 Å².